The number of hydrogen-bond donors (Lipinski definition) is 0. The van der Waals surface area contributed by atoms with E-state index in [0.29, 0.717) is 60.7 Å². The first kappa shape index (κ1) is 22.2. The van der Waals surface area contributed by atoms with Gasteiger partial charge in [0.15, 0.2) is 5.65 Å². The molecule has 1 saturated carbocycles. The van der Waals surface area contributed by atoms with Crippen LogP contribution in [0.25, 0.3) is 22.4 Å². The Bertz CT molecular complexity index is 1310. The van der Waals surface area contributed by atoms with Crippen LogP contribution in [0.2, 0.25) is 0 Å². The molecule has 0 unspecified atom stereocenters. The number of anilines is 1. The molecule has 4 aromatic rings. The summed E-state index contributed by atoms with van der Waals surface area (Å²) in [6, 6.07) is 3.41. The molecule has 0 atom stereocenters. The zero-order valence-corrected chi connectivity index (χ0v) is 18.8. The van der Waals surface area contributed by atoms with Crippen LogP contribution in [-0.4, -0.2) is 56.4 Å². The van der Waals surface area contributed by atoms with Gasteiger partial charge in [0.25, 0.3) is 0 Å². The molecule has 2 aliphatic rings. The molecule has 3 aromatic heterocycles. The van der Waals surface area contributed by atoms with Gasteiger partial charge in [-0.1, -0.05) is 0 Å². The van der Waals surface area contributed by atoms with Crippen LogP contribution in [0, 0.1) is 25.5 Å². The highest BCUT2D eigenvalue weighted by atomic mass is 19.1. The highest BCUT2D eigenvalue weighted by molar-refractivity contribution is 5.88. The van der Waals surface area contributed by atoms with Crippen LogP contribution in [0.3, 0.4) is 0 Å². The molecular weight excluding hydrogens is 444 g/mol. The van der Waals surface area contributed by atoms with E-state index in [1.165, 1.54) is 31.4 Å². The second kappa shape index (κ2) is 9.34. The number of rotatable bonds is 3. The van der Waals surface area contributed by atoms with Crippen molar-refractivity contribution in [2.24, 2.45) is 0 Å². The zero-order valence-electron chi connectivity index (χ0n) is 18.8. The Morgan fingerprint density at radius 2 is 1.74 bits per heavy atom. The number of nitrogens with zero attached hydrogens (tertiary/aromatic N) is 7. The summed E-state index contributed by atoms with van der Waals surface area (Å²) in [6.07, 6.45) is 3.83. The molecule has 2 fully saturated rings. The largest absolute Gasteiger partial charge is 0.428 e. The molecule has 0 spiro atoms. The van der Waals surface area contributed by atoms with Gasteiger partial charge in [-0.2, -0.15) is 4.98 Å². The van der Waals surface area contributed by atoms with Crippen LogP contribution in [0.4, 0.5) is 14.7 Å². The second-order valence-electron chi connectivity index (χ2n) is 8.21. The summed E-state index contributed by atoms with van der Waals surface area (Å²) < 4.78 is 38.1. The molecule has 0 bridgehead atoms. The van der Waals surface area contributed by atoms with Gasteiger partial charge in [0.1, 0.15) is 22.8 Å². The van der Waals surface area contributed by atoms with Crippen molar-refractivity contribution in [1.29, 1.82) is 0 Å². The van der Waals surface area contributed by atoms with Gasteiger partial charge >= 0.3 is 0 Å². The molecule has 0 N–H and O–H groups in total. The number of morpholine rings is 1. The number of hydrogen-bond acceptors (Lipinski definition) is 9. The molecule has 34 heavy (non-hydrogen) atoms. The van der Waals surface area contributed by atoms with E-state index < -0.39 is 11.6 Å². The van der Waals surface area contributed by atoms with E-state index in [2.05, 4.69) is 30.1 Å². The Hall–Kier alpha value is -3.60. The summed E-state index contributed by atoms with van der Waals surface area (Å²) in [4.78, 5) is 20.0. The molecule has 1 saturated heterocycles. The summed E-state index contributed by atoms with van der Waals surface area (Å²) in [5.74, 6) is 0.508. The molecule has 0 radical (unpaired) electrons. The third kappa shape index (κ3) is 4.69. The predicted octanol–water partition coefficient (Wildman–Crippen LogP) is 3.77. The summed E-state index contributed by atoms with van der Waals surface area (Å²) in [5.41, 5.74) is 2.73. The van der Waals surface area contributed by atoms with E-state index in [1.54, 1.807) is 0 Å². The number of aryl methyl sites for hydroxylation is 2. The predicted molar refractivity (Wildman–Crippen MR) is 119 cm³/mol. The Labute approximate surface area is 194 Å². The van der Waals surface area contributed by atoms with E-state index in [1.807, 2.05) is 18.7 Å². The lowest BCUT2D eigenvalue weighted by atomic mass is 10.1. The summed E-state index contributed by atoms with van der Waals surface area (Å²) in [5, 5.41) is 7.33. The fraction of sp³-hybridized carbons (Fsp3) is 0.391. The molecule has 1 aliphatic carbocycles. The lowest BCUT2D eigenvalue weighted by molar-refractivity contribution is 0.122. The molecule has 0 amide bonds. The van der Waals surface area contributed by atoms with Gasteiger partial charge in [0.05, 0.1) is 24.6 Å². The highest BCUT2D eigenvalue weighted by Gasteiger charge is 2.28. The number of benzene rings is 1. The lowest BCUT2D eigenvalue weighted by Gasteiger charge is -2.27. The molecule has 1 aromatic carbocycles. The van der Waals surface area contributed by atoms with Crippen LogP contribution >= 0.6 is 0 Å². The van der Waals surface area contributed by atoms with Crippen LogP contribution in [0.5, 0.6) is 0 Å². The smallest absolute Gasteiger partial charge is 0.228 e. The summed E-state index contributed by atoms with van der Waals surface area (Å²) in [7, 11) is 0. The van der Waals surface area contributed by atoms with Gasteiger partial charge in [-0.05, 0) is 38.8 Å². The van der Waals surface area contributed by atoms with Gasteiger partial charge in [-0.15, -0.1) is 10.2 Å². The average Bonchev–Trinajstić information content (AvgIpc) is 3.54. The lowest BCUT2D eigenvalue weighted by Crippen LogP contribution is -2.37. The van der Waals surface area contributed by atoms with Gasteiger partial charge in [0, 0.05) is 30.6 Å². The number of aromatic nitrogens is 6. The van der Waals surface area contributed by atoms with Gasteiger partial charge < -0.3 is 14.1 Å². The van der Waals surface area contributed by atoms with Crippen molar-refractivity contribution >= 4 is 17.1 Å². The van der Waals surface area contributed by atoms with Gasteiger partial charge in [-0.3, -0.25) is 0 Å². The number of halogens is 2. The fourth-order valence-electron chi connectivity index (χ4n) is 3.56. The molecule has 1 aliphatic heterocycles. The van der Waals surface area contributed by atoms with Crippen molar-refractivity contribution in [3.8, 4) is 11.3 Å². The SMILES string of the molecule is Cc1nc2nc(N3CCOCC3)nc(-c3ccc(F)cc3F)c2nc1C.c1nnc(C2CC2)o1. The normalized spacial score (nSPS) is 15.8. The monoisotopic (exact) mass is 467 g/mol. The first-order valence-corrected chi connectivity index (χ1v) is 11.1. The van der Waals surface area contributed by atoms with Crippen molar-refractivity contribution < 1.29 is 17.9 Å². The quantitative estimate of drug-likeness (QED) is 0.445. The third-order valence-electron chi connectivity index (χ3n) is 5.71. The molecule has 11 heteroatoms. The van der Waals surface area contributed by atoms with Crippen molar-refractivity contribution in [2.75, 3.05) is 31.2 Å². The maximum Gasteiger partial charge on any atom is 0.228 e. The Morgan fingerprint density at radius 3 is 2.41 bits per heavy atom. The van der Waals surface area contributed by atoms with Crippen molar-refractivity contribution in [1.82, 2.24) is 30.1 Å². The summed E-state index contributed by atoms with van der Waals surface area (Å²) in [6.45, 7) is 6.07. The summed E-state index contributed by atoms with van der Waals surface area (Å²) >= 11 is 0. The molecule has 4 heterocycles. The minimum atomic E-state index is -0.696. The molecule has 176 valence electrons. The van der Waals surface area contributed by atoms with Crippen LogP contribution in [-0.2, 0) is 4.74 Å². The molecule has 6 rings (SSSR count). The first-order valence-electron chi connectivity index (χ1n) is 11.1. The topological polar surface area (TPSA) is 103 Å². The minimum Gasteiger partial charge on any atom is -0.428 e. The van der Waals surface area contributed by atoms with Crippen molar-refractivity contribution in [3.63, 3.8) is 0 Å². The van der Waals surface area contributed by atoms with E-state index >= 15 is 0 Å². The second-order valence-corrected chi connectivity index (χ2v) is 8.21. The highest BCUT2D eigenvalue weighted by Crippen LogP contribution is 2.38. The zero-order chi connectivity index (χ0) is 23.7. The van der Waals surface area contributed by atoms with Gasteiger partial charge in [0.2, 0.25) is 18.2 Å². The van der Waals surface area contributed by atoms with Crippen LogP contribution in [0.1, 0.15) is 36.0 Å². The maximum absolute atomic E-state index is 14.4. The Kier molecular flexibility index (Phi) is 6.10. The van der Waals surface area contributed by atoms with Crippen LogP contribution < -0.4 is 4.90 Å². The molecular formula is C23H23F2N7O2. The third-order valence-corrected chi connectivity index (χ3v) is 5.71. The standard InChI is InChI=1S/C18H17F2N5O.C5H6N2O/c1-10-11(2)22-17-16(21-10)15(13-4-3-12(19)9-14(13)20)23-18(24-17)25-5-7-26-8-6-25;1-2-4(1)5-7-6-3-8-5/h3-4,9H,5-8H2,1-2H3;3-4H,1-2H2. The first-order chi connectivity index (χ1) is 16.5. The number of ether oxygens (including phenoxy) is 1. The van der Waals surface area contributed by atoms with Gasteiger partial charge in [-0.25, -0.2) is 23.7 Å². The average molecular weight is 467 g/mol. The Balaban J connectivity index is 0.000000252. The number of fused-ring (bicyclic) bond motifs is 1. The fourth-order valence-corrected chi connectivity index (χ4v) is 3.56. The molecule has 9 nitrogen and oxygen atoms in total. The van der Waals surface area contributed by atoms with E-state index in [9.17, 15) is 8.78 Å². The van der Waals surface area contributed by atoms with E-state index in [0.717, 1.165) is 17.7 Å². The van der Waals surface area contributed by atoms with Crippen molar-refractivity contribution in [3.05, 3.63) is 53.5 Å². The van der Waals surface area contributed by atoms with E-state index in [-0.39, 0.29) is 5.56 Å². The van der Waals surface area contributed by atoms with E-state index in [4.69, 9.17) is 9.15 Å². The minimum absolute atomic E-state index is 0.172. The van der Waals surface area contributed by atoms with Crippen molar-refractivity contribution in [2.45, 2.75) is 32.6 Å². The van der Waals surface area contributed by atoms with Crippen LogP contribution in [0.15, 0.2) is 29.0 Å². The maximum atomic E-state index is 14.4. The Morgan fingerprint density at radius 1 is 0.971 bits per heavy atom.